The Morgan fingerprint density at radius 1 is 1.17 bits per heavy atom. The normalized spacial score (nSPS) is 14.5. The molecule has 29 heavy (non-hydrogen) atoms. The monoisotopic (exact) mass is 409 g/mol. The van der Waals surface area contributed by atoms with Crippen LogP contribution in [-0.2, 0) is 24.7 Å². The average Bonchev–Trinajstić information content (AvgIpc) is 3.20. The van der Waals surface area contributed by atoms with E-state index in [0.717, 1.165) is 40.8 Å². The van der Waals surface area contributed by atoms with Gasteiger partial charge in [-0.3, -0.25) is 14.0 Å². The molecule has 1 unspecified atom stereocenters. The van der Waals surface area contributed by atoms with Crippen molar-refractivity contribution in [2.24, 2.45) is 7.05 Å². The van der Waals surface area contributed by atoms with E-state index in [9.17, 15) is 4.79 Å². The maximum absolute atomic E-state index is 12.9. The number of hydrogen-bond donors (Lipinski definition) is 1. The summed E-state index contributed by atoms with van der Waals surface area (Å²) >= 11 is 1.52. The molecule has 0 radical (unpaired) electrons. The topological polar surface area (TPSA) is 64.7 Å². The van der Waals surface area contributed by atoms with E-state index in [0.29, 0.717) is 0 Å². The van der Waals surface area contributed by atoms with Crippen molar-refractivity contribution in [3.05, 3.63) is 53.1 Å². The van der Waals surface area contributed by atoms with Gasteiger partial charge in [0.05, 0.1) is 28.0 Å². The number of carbonyl (C=O) groups is 1. The number of aromatic nitrogens is 4. The number of thioether (sulfide) groups is 1. The van der Waals surface area contributed by atoms with Gasteiger partial charge < -0.3 is 5.32 Å². The van der Waals surface area contributed by atoms with Gasteiger partial charge in [-0.2, -0.15) is 5.10 Å². The van der Waals surface area contributed by atoms with Gasteiger partial charge in [-0.15, -0.1) is 0 Å². The molecule has 4 rings (SSSR count). The van der Waals surface area contributed by atoms with Crippen molar-refractivity contribution in [1.82, 2.24) is 19.3 Å². The number of amides is 1. The first kappa shape index (κ1) is 19.8. The molecular weight excluding hydrogens is 382 g/mol. The smallest absolute Gasteiger partial charge is 0.237 e. The summed E-state index contributed by atoms with van der Waals surface area (Å²) in [6, 6.07) is 10.3. The summed E-state index contributed by atoms with van der Waals surface area (Å²) in [6.45, 7) is 5.81. The van der Waals surface area contributed by atoms with Crippen LogP contribution in [0.5, 0.6) is 0 Å². The molecule has 152 valence electrons. The highest BCUT2D eigenvalue weighted by atomic mass is 32.2. The predicted octanol–water partition coefficient (Wildman–Crippen LogP) is 4.22. The van der Waals surface area contributed by atoms with E-state index in [2.05, 4.69) is 27.1 Å². The second-order valence-corrected chi connectivity index (χ2v) is 8.89. The fourth-order valence-electron chi connectivity index (χ4n) is 3.83. The summed E-state index contributed by atoms with van der Waals surface area (Å²) in [5, 5.41) is 8.06. The van der Waals surface area contributed by atoms with Gasteiger partial charge in [0.15, 0.2) is 5.16 Å². The van der Waals surface area contributed by atoms with E-state index in [-0.39, 0.29) is 11.2 Å². The number of carbonyl (C=O) groups excluding carboxylic acids is 1. The fraction of sp³-hybridized carbons (Fsp3) is 0.409. The van der Waals surface area contributed by atoms with Crippen LogP contribution in [0.3, 0.4) is 0 Å². The summed E-state index contributed by atoms with van der Waals surface area (Å²) in [4.78, 5) is 17.8. The molecule has 1 aromatic carbocycles. The van der Waals surface area contributed by atoms with Gasteiger partial charge in [-0.1, -0.05) is 30.0 Å². The van der Waals surface area contributed by atoms with Gasteiger partial charge in [0.2, 0.25) is 5.91 Å². The number of fused-ring (bicyclic) bond motifs is 1. The lowest BCUT2D eigenvalue weighted by atomic mass is 10.0. The average molecular weight is 410 g/mol. The van der Waals surface area contributed by atoms with Crippen molar-refractivity contribution < 1.29 is 4.79 Å². The minimum absolute atomic E-state index is 0.0326. The highest BCUT2D eigenvalue weighted by Crippen LogP contribution is 2.33. The molecule has 2 aromatic heterocycles. The van der Waals surface area contributed by atoms with Crippen LogP contribution in [0.2, 0.25) is 0 Å². The molecule has 1 aliphatic carbocycles. The van der Waals surface area contributed by atoms with Gasteiger partial charge in [0.25, 0.3) is 0 Å². The first-order chi connectivity index (χ1) is 14.0. The zero-order valence-corrected chi connectivity index (χ0v) is 18.2. The first-order valence-corrected chi connectivity index (χ1v) is 11.0. The fourth-order valence-corrected chi connectivity index (χ4v) is 4.80. The molecular formula is C22H27N5OS. The highest BCUT2D eigenvalue weighted by Gasteiger charge is 2.25. The first-order valence-electron chi connectivity index (χ1n) is 10.1. The zero-order valence-electron chi connectivity index (χ0n) is 17.4. The Balaban J connectivity index is 1.60. The van der Waals surface area contributed by atoms with Crippen molar-refractivity contribution in [3.63, 3.8) is 0 Å². The molecule has 7 heteroatoms. The quantitative estimate of drug-likeness (QED) is 0.641. The number of nitrogens with one attached hydrogen (secondary N) is 1. The molecule has 0 saturated carbocycles. The van der Waals surface area contributed by atoms with Crippen molar-refractivity contribution in [2.45, 2.75) is 56.9 Å². The van der Waals surface area contributed by atoms with Gasteiger partial charge in [0.1, 0.15) is 0 Å². The SMILES string of the molecule is Cc1nn(C)c(C)c1NC(=O)C(C)Sc1nc2c(n1-c1ccccc1)CCCC2. The zero-order chi connectivity index (χ0) is 20.5. The maximum atomic E-state index is 12.9. The van der Waals surface area contributed by atoms with Crippen LogP contribution in [0.4, 0.5) is 5.69 Å². The van der Waals surface area contributed by atoms with Crippen LogP contribution < -0.4 is 5.32 Å². The molecule has 1 aliphatic rings. The molecule has 6 nitrogen and oxygen atoms in total. The molecule has 0 fully saturated rings. The highest BCUT2D eigenvalue weighted by molar-refractivity contribution is 8.00. The Morgan fingerprint density at radius 3 is 2.59 bits per heavy atom. The Labute approximate surface area is 175 Å². The van der Waals surface area contributed by atoms with Crippen LogP contribution in [0.15, 0.2) is 35.5 Å². The maximum Gasteiger partial charge on any atom is 0.237 e. The van der Waals surface area contributed by atoms with Crippen molar-refractivity contribution in [1.29, 1.82) is 0 Å². The van der Waals surface area contributed by atoms with E-state index in [4.69, 9.17) is 4.98 Å². The van der Waals surface area contributed by atoms with Gasteiger partial charge >= 0.3 is 0 Å². The molecule has 1 amide bonds. The Kier molecular flexibility index (Phi) is 5.50. The van der Waals surface area contributed by atoms with E-state index in [1.807, 2.05) is 46.0 Å². The van der Waals surface area contributed by atoms with E-state index in [1.54, 1.807) is 4.68 Å². The third-order valence-electron chi connectivity index (χ3n) is 5.53. The van der Waals surface area contributed by atoms with Crippen molar-refractivity contribution in [3.8, 4) is 5.69 Å². The van der Waals surface area contributed by atoms with Gasteiger partial charge in [0, 0.05) is 18.4 Å². The van der Waals surface area contributed by atoms with Crippen molar-refractivity contribution >= 4 is 23.4 Å². The summed E-state index contributed by atoms with van der Waals surface area (Å²) < 4.78 is 4.03. The predicted molar refractivity (Wildman–Crippen MR) is 117 cm³/mol. The standard InChI is InChI=1S/C22H27N5OS/c1-14-20(15(2)26(4)25-14)24-21(28)16(3)29-22-23-18-12-8-9-13-19(18)27(22)17-10-6-5-7-11-17/h5-7,10-11,16H,8-9,12-13H2,1-4H3,(H,24,28). The Hall–Kier alpha value is -2.54. The molecule has 0 aliphatic heterocycles. The second-order valence-electron chi connectivity index (χ2n) is 7.58. The number of aryl methyl sites for hydroxylation is 3. The minimum Gasteiger partial charge on any atom is -0.322 e. The summed E-state index contributed by atoms with van der Waals surface area (Å²) in [6.07, 6.45) is 4.41. The van der Waals surface area contributed by atoms with Crippen molar-refractivity contribution in [2.75, 3.05) is 5.32 Å². The van der Waals surface area contributed by atoms with Crippen LogP contribution in [0.25, 0.3) is 5.69 Å². The molecule has 2 heterocycles. The van der Waals surface area contributed by atoms with E-state index < -0.39 is 0 Å². The van der Waals surface area contributed by atoms with E-state index >= 15 is 0 Å². The minimum atomic E-state index is -0.277. The summed E-state index contributed by atoms with van der Waals surface area (Å²) in [5.41, 5.74) is 6.16. The molecule has 0 bridgehead atoms. The number of nitrogens with zero attached hydrogens (tertiary/aromatic N) is 4. The lowest BCUT2D eigenvalue weighted by Crippen LogP contribution is -2.23. The van der Waals surface area contributed by atoms with Crippen LogP contribution in [0, 0.1) is 13.8 Å². The number of benzene rings is 1. The third kappa shape index (κ3) is 3.83. The van der Waals surface area contributed by atoms with E-state index in [1.165, 1.54) is 36.0 Å². The van der Waals surface area contributed by atoms with Crippen LogP contribution >= 0.6 is 11.8 Å². The molecule has 3 aromatic rings. The number of hydrogen-bond acceptors (Lipinski definition) is 4. The summed E-state index contributed by atoms with van der Waals surface area (Å²) in [5.74, 6) is -0.0326. The largest absolute Gasteiger partial charge is 0.322 e. The van der Waals surface area contributed by atoms with Crippen LogP contribution in [0.1, 0.15) is 42.5 Å². The Morgan fingerprint density at radius 2 is 1.90 bits per heavy atom. The Bertz CT molecular complexity index is 1040. The number of anilines is 1. The second kappa shape index (κ2) is 8.06. The number of rotatable bonds is 5. The summed E-state index contributed by atoms with van der Waals surface area (Å²) in [7, 11) is 1.89. The molecule has 1 N–H and O–H groups in total. The lowest BCUT2D eigenvalue weighted by molar-refractivity contribution is -0.115. The molecule has 0 saturated heterocycles. The van der Waals surface area contributed by atoms with Gasteiger partial charge in [-0.25, -0.2) is 4.98 Å². The van der Waals surface area contributed by atoms with Crippen LogP contribution in [-0.4, -0.2) is 30.5 Å². The number of imidazole rings is 1. The third-order valence-corrected chi connectivity index (χ3v) is 6.58. The lowest BCUT2D eigenvalue weighted by Gasteiger charge is -2.16. The molecule has 1 atom stereocenters. The van der Waals surface area contributed by atoms with Gasteiger partial charge in [-0.05, 0) is 58.6 Å². The number of para-hydroxylation sites is 1. The molecule has 0 spiro atoms.